The van der Waals surface area contributed by atoms with Gasteiger partial charge in [-0.2, -0.15) is 9.61 Å². The van der Waals surface area contributed by atoms with Crippen molar-refractivity contribution in [3.63, 3.8) is 0 Å². The van der Waals surface area contributed by atoms with E-state index in [9.17, 15) is 14.0 Å². The fourth-order valence-corrected chi connectivity index (χ4v) is 5.07. The highest BCUT2D eigenvalue weighted by molar-refractivity contribution is 7.19. The summed E-state index contributed by atoms with van der Waals surface area (Å²) in [7, 11) is 0. The number of aryl methyl sites for hydroxylation is 1. The van der Waals surface area contributed by atoms with Crippen LogP contribution >= 0.6 is 11.3 Å². The average molecular weight is 478 g/mol. The molecule has 0 aliphatic carbocycles. The van der Waals surface area contributed by atoms with Crippen molar-refractivity contribution in [1.82, 2.24) is 24.4 Å². The van der Waals surface area contributed by atoms with Crippen LogP contribution in [0.1, 0.15) is 17.7 Å². The number of rotatable bonds is 6. The summed E-state index contributed by atoms with van der Waals surface area (Å²) in [6, 6.07) is 17.9. The Labute approximate surface area is 200 Å². The average Bonchev–Trinajstić information content (AvgIpc) is 3.28. The number of hydrogen-bond donors (Lipinski definition) is 0. The zero-order chi connectivity index (χ0) is 23.5. The predicted octanol–water partition coefficient (Wildman–Crippen LogP) is 3.23. The first kappa shape index (κ1) is 22.4. The number of halogens is 1. The lowest BCUT2D eigenvalue weighted by atomic mass is 10.1. The molecule has 174 valence electrons. The molecule has 3 heterocycles. The molecule has 0 spiro atoms. The van der Waals surface area contributed by atoms with Crippen LogP contribution in [0.2, 0.25) is 0 Å². The van der Waals surface area contributed by atoms with Crippen LogP contribution in [-0.4, -0.2) is 56.5 Å². The van der Waals surface area contributed by atoms with Crippen molar-refractivity contribution in [1.29, 1.82) is 0 Å². The SMILES string of the molecule is O=C(CCc1ccccc1)N1CCN(Cc2cc(=O)n3nc(-c4ccccc4F)sc3n2)CC1. The topological polar surface area (TPSA) is 70.8 Å². The van der Waals surface area contributed by atoms with Gasteiger partial charge in [-0.05, 0) is 24.1 Å². The summed E-state index contributed by atoms with van der Waals surface area (Å²) in [5.41, 5.74) is 1.89. The van der Waals surface area contributed by atoms with Gasteiger partial charge in [0.15, 0.2) is 5.01 Å². The van der Waals surface area contributed by atoms with E-state index in [1.54, 1.807) is 18.2 Å². The highest BCUT2D eigenvalue weighted by Crippen LogP contribution is 2.26. The highest BCUT2D eigenvalue weighted by Gasteiger charge is 2.22. The monoisotopic (exact) mass is 477 g/mol. The van der Waals surface area contributed by atoms with Gasteiger partial charge in [-0.3, -0.25) is 14.5 Å². The molecule has 9 heteroatoms. The second-order valence-electron chi connectivity index (χ2n) is 8.31. The quantitative estimate of drug-likeness (QED) is 0.427. The Hall–Kier alpha value is -3.43. The van der Waals surface area contributed by atoms with Gasteiger partial charge in [0.25, 0.3) is 5.56 Å². The molecule has 4 aromatic rings. The van der Waals surface area contributed by atoms with E-state index in [0.29, 0.717) is 47.3 Å². The van der Waals surface area contributed by atoms with E-state index in [1.165, 1.54) is 33.5 Å². The molecule has 2 aromatic heterocycles. The molecule has 7 nitrogen and oxygen atoms in total. The van der Waals surface area contributed by atoms with Crippen molar-refractivity contribution in [3.05, 3.63) is 88.1 Å². The maximum atomic E-state index is 14.1. The summed E-state index contributed by atoms with van der Waals surface area (Å²) in [4.78, 5) is 34.3. The van der Waals surface area contributed by atoms with E-state index in [0.717, 1.165) is 19.5 Å². The minimum Gasteiger partial charge on any atom is -0.340 e. The van der Waals surface area contributed by atoms with E-state index in [1.807, 2.05) is 35.2 Å². The number of aromatic nitrogens is 3. The van der Waals surface area contributed by atoms with Gasteiger partial charge in [0.1, 0.15) is 5.82 Å². The van der Waals surface area contributed by atoms with Gasteiger partial charge in [-0.1, -0.05) is 53.8 Å². The molecule has 1 amide bonds. The molecule has 1 aliphatic heterocycles. The van der Waals surface area contributed by atoms with Gasteiger partial charge in [-0.15, -0.1) is 0 Å². The molecule has 0 N–H and O–H groups in total. The summed E-state index contributed by atoms with van der Waals surface area (Å²) in [5.74, 6) is -0.211. The van der Waals surface area contributed by atoms with Crippen LogP contribution in [0, 0.1) is 5.82 Å². The molecule has 1 aliphatic rings. The third-order valence-corrected chi connectivity index (χ3v) is 6.93. The zero-order valence-corrected chi connectivity index (χ0v) is 19.4. The van der Waals surface area contributed by atoms with Gasteiger partial charge < -0.3 is 4.90 Å². The van der Waals surface area contributed by atoms with Gasteiger partial charge >= 0.3 is 0 Å². The van der Waals surface area contributed by atoms with E-state index < -0.39 is 0 Å². The minimum atomic E-state index is -0.383. The van der Waals surface area contributed by atoms with Crippen LogP contribution in [0.5, 0.6) is 0 Å². The summed E-state index contributed by atoms with van der Waals surface area (Å²) >= 11 is 1.19. The van der Waals surface area contributed by atoms with Crippen molar-refractivity contribution >= 4 is 22.2 Å². The highest BCUT2D eigenvalue weighted by atomic mass is 32.1. The summed E-state index contributed by atoms with van der Waals surface area (Å²) in [6.07, 6.45) is 1.26. The van der Waals surface area contributed by atoms with E-state index in [2.05, 4.69) is 15.0 Å². The van der Waals surface area contributed by atoms with Gasteiger partial charge in [-0.25, -0.2) is 9.37 Å². The van der Waals surface area contributed by atoms with Gasteiger partial charge in [0, 0.05) is 50.8 Å². The zero-order valence-electron chi connectivity index (χ0n) is 18.6. The van der Waals surface area contributed by atoms with E-state index in [4.69, 9.17) is 0 Å². The van der Waals surface area contributed by atoms with Crippen molar-refractivity contribution in [3.8, 4) is 10.6 Å². The van der Waals surface area contributed by atoms with Crippen molar-refractivity contribution in [2.45, 2.75) is 19.4 Å². The Morgan fingerprint density at radius 1 is 1.00 bits per heavy atom. The Kier molecular flexibility index (Phi) is 6.46. The number of hydrogen-bond acceptors (Lipinski definition) is 6. The molecule has 2 aromatic carbocycles. The number of amides is 1. The van der Waals surface area contributed by atoms with Crippen molar-refractivity contribution in [2.75, 3.05) is 26.2 Å². The molecule has 0 saturated carbocycles. The van der Waals surface area contributed by atoms with Gasteiger partial charge in [0.05, 0.1) is 5.69 Å². The molecule has 34 heavy (non-hydrogen) atoms. The third kappa shape index (κ3) is 4.90. The molecular formula is C25H24FN5O2S. The number of benzene rings is 2. The smallest absolute Gasteiger partial charge is 0.275 e. The second kappa shape index (κ2) is 9.82. The number of nitrogens with zero attached hydrogens (tertiary/aromatic N) is 5. The predicted molar refractivity (Wildman–Crippen MR) is 129 cm³/mol. The minimum absolute atomic E-state index is 0.173. The van der Waals surface area contributed by atoms with Crippen LogP contribution in [0.25, 0.3) is 15.5 Å². The van der Waals surface area contributed by atoms with Crippen LogP contribution < -0.4 is 5.56 Å². The Bertz CT molecular complexity index is 1360. The first-order valence-corrected chi connectivity index (χ1v) is 12.1. The van der Waals surface area contributed by atoms with Gasteiger partial charge in [0.2, 0.25) is 10.9 Å². The molecule has 0 radical (unpaired) electrons. The van der Waals surface area contributed by atoms with E-state index in [-0.39, 0.29) is 17.3 Å². The number of carbonyl (C=O) groups excluding carboxylic acids is 1. The van der Waals surface area contributed by atoms with Crippen LogP contribution in [-0.2, 0) is 17.8 Å². The Morgan fingerprint density at radius 2 is 1.74 bits per heavy atom. The first-order chi connectivity index (χ1) is 16.6. The molecule has 0 atom stereocenters. The number of fused-ring (bicyclic) bond motifs is 1. The third-order valence-electron chi connectivity index (χ3n) is 5.98. The van der Waals surface area contributed by atoms with Crippen LogP contribution in [0.15, 0.2) is 65.5 Å². The lowest BCUT2D eigenvalue weighted by Gasteiger charge is -2.34. The molecule has 1 saturated heterocycles. The second-order valence-corrected chi connectivity index (χ2v) is 9.27. The molecule has 0 bridgehead atoms. The standard InChI is InChI=1S/C25H24FN5O2S/c26-21-9-5-4-8-20(21)24-28-31-23(33)16-19(27-25(31)34-24)17-29-12-14-30(15-13-29)22(32)11-10-18-6-2-1-3-7-18/h1-9,16H,10-15,17H2. The number of piperazine rings is 1. The first-order valence-electron chi connectivity index (χ1n) is 11.3. The molecule has 5 rings (SSSR count). The summed E-state index contributed by atoms with van der Waals surface area (Å²) < 4.78 is 15.4. The largest absolute Gasteiger partial charge is 0.340 e. The molecule has 0 unspecified atom stereocenters. The summed E-state index contributed by atoms with van der Waals surface area (Å²) in [5, 5.41) is 4.68. The Morgan fingerprint density at radius 3 is 2.50 bits per heavy atom. The lowest BCUT2D eigenvalue weighted by Crippen LogP contribution is -2.48. The molecular weight excluding hydrogens is 453 g/mol. The normalized spacial score (nSPS) is 14.6. The maximum absolute atomic E-state index is 14.1. The van der Waals surface area contributed by atoms with Crippen LogP contribution in [0.3, 0.4) is 0 Å². The maximum Gasteiger partial charge on any atom is 0.275 e. The lowest BCUT2D eigenvalue weighted by molar-refractivity contribution is -0.133. The summed E-state index contributed by atoms with van der Waals surface area (Å²) in [6.45, 7) is 3.28. The fourth-order valence-electron chi connectivity index (χ4n) is 4.12. The molecule has 1 fully saturated rings. The number of carbonyl (C=O) groups is 1. The fraction of sp³-hybridized carbons (Fsp3) is 0.280. The van der Waals surface area contributed by atoms with E-state index >= 15 is 0 Å². The van der Waals surface area contributed by atoms with Crippen LogP contribution in [0.4, 0.5) is 4.39 Å². The Balaban J connectivity index is 1.21. The van der Waals surface area contributed by atoms with Crippen molar-refractivity contribution in [2.24, 2.45) is 0 Å². The van der Waals surface area contributed by atoms with Crippen molar-refractivity contribution < 1.29 is 9.18 Å².